The van der Waals surface area contributed by atoms with Crippen molar-refractivity contribution in [3.63, 3.8) is 0 Å². The summed E-state index contributed by atoms with van der Waals surface area (Å²) in [5.41, 5.74) is 0.405. The van der Waals surface area contributed by atoms with Gasteiger partial charge in [-0.25, -0.2) is 24.0 Å². The summed E-state index contributed by atoms with van der Waals surface area (Å²) in [6.45, 7) is 2.83. The number of hydrogen-bond acceptors (Lipinski definition) is 8. The van der Waals surface area contributed by atoms with Crippen molar-refractivity contribution in [1.29, 1.82) is 0 Å². The minimum Gasteiger partial charge on any atom is -0.493 e. The summed E-state index contributed by atoms with van der Waals surface area (Å²) in [5, 5.41) is 21.9. The Kier molecular flexibility index (Phi) is 8.25. The Morgan fingerprint density at radius 1 is 1.13 bits per heavy atom. The molecule has 4 aromatic rings. The molecule has 2 aromatic carbocycles. The monoisotopic (exact) mass is 550 g/mol. The van der Waals surface area contributed by atoms with E-state index in [1.165, 1.54) is 30.5 Å². The number of carboxylic acids is 1. The third-order valence-corrected chi connectivity index (χ3v) is 6.88. The Balaban J connectivity index is 1.81. The predicted molar refractivity (Wildman–Crippen MR) is 144 cm³/mol. The molecule has 0 aliphatic heterocycles. The van der Waals surface area contributed by atoms with Crippen LogP contribution < -0.4 is 15.3 Å². The molecule has 4 rings (SSSR count). The quantitative estimate of drug-likeness (QED) is 0.269. The molecular weight excluding hydrogens is 524 g/mol. The lowest BCUT2D eigenvalue weighted by Crippen LogP contribution is -2.45. The van der Waals surface area contributed by atoms with Gasteiger partial charge in [0.1, 0.15) is 17.5 Å². The van der Waals surface area contributed by atoms with Gasteiger partial charge in [0.15, 0.2) is 11.7 Å². The molecule has 39 heavy (non-hydrogen) atoms. The van der Waals surface area contributed by atoms with Crippen molar-refractivity contribution in [2.75, 3.05) is 11.5 Å². The first-order valence-electron chi connectivity index (χ1n) is 12.0. The van der Waals surface area contributed by atoms with Crippen molar-refractivity contribution in [2.24, 2.45) is 0 Å². The predicted octanol–water partition coefficient (Wildman–Crippen LogP) is 3.78. The Morgan fingerprint density at radius 3 is 2.41 bits per heavy atom. The maximum Gasteiger partial charge on any atom is 0.341 e. The second-order valence-corrected chi connectivity index (χ2v) is 9.46. The number of nitrogens with zero attached hydrogens (tertiary/aromatic N) is 3. The zero-order valence-corrected chi connectivity index (χ0v) is 21.9. The molecule has 2 amide bonds. The number of thiazole rings is 1. The highest BCUT2D eigenvalue weighted by atomic mass is 32.1. The Morgan fingerprint density at radius 2 is 1.82 bits per heavy atom. The molecule has 0 bridgehead atoms. The maximum atomic E-state index is 14.1. The van der Waals surface area contributed by atoms with E-state index in [0.717, 1.165) is 20.8 Å². The van der Waals surface area contributed by atoms with Gasteiger partial charge in [-0.1, -0.05) is 44.2 Å². The number of carbonyl (C=O) groups is 3. The number of imidazole rings is 1. The number of carbonyl (C=O) groups excluding carboxylic acids is 2. The number of amides is 2. The zero-order valence-electron chi connectivity index (χ0n) is 21.1. The van der Waals surface area contributed by atoms with Crippen LogP contribution >= 0.6 is 11.3 Å². The van der Waals surface area contributed by atoms with E-state index in [1.54, 1.807) is 43.5 Å². The van der Waals surface area contributed by atoms with Gasteiger partial charge < -0.3 is 19.9 Å². The zero-order chi connectivity index (χ0) is 28.1. The summed E-state index contributed by atoms with van der Waals surface area (Å²) in [6.07, 6.45) is 1.49. The SMILES string of the molecule is CCC(=O)N(C(=O)C(C(C)c1ccccc1)n1c(O)c(-c2ccc(OCC(=O)O)cc2)[nH]c1=O)c1nccs1. The van der Waals surface area contributed by atoms with Crippen molar-refractivity contribution < 1.29 is 29.3 Å². The van der Waals surface area contributed by atoms with Crippen LogP contribution in [0.25, 0.3) is 11.3 Å². The fraction of sp³-hybridized carbons (Fsp3) is 0.222. The first-order valence-corrected chi connectivity index (χ1v) is 12.9. The van der Waals surface area contributed by atoms with E-state index in [9.17, 15) is 24.3 Å². The van der Waals surface area contributed by atoms with Gasteiger partial charge in [0.05, 0.1) is 0 Å². The minimum absolute atomic E-state index is 0.0212. The first kappa shape index (κ1) is 27.3. The van der Waals surface area contributed by atoms with E-state index in [0.29, 0.717) is 11.1 Å². The number of anilines is 1. The second-order valence-electron chi connectivity index (χ2n) is 8.59. The van der Waals surface area contributed by atoms with Crippen LogP contribution in [-0.4, -0.2) is 49.1 Å². The van der Waals surface area contributed by atoms with E-state index in [2.05, 4.69) is 9.97 Å². The highest BCUT2D eigenvalue weighted by molar-refractivity contribution is 7.14. The number of hydrogen-bond donors (Lipinski definition) is 3. The highest BCUT2D eigenvalue weighted by Gasteiger charge is 2.39. The molecule has 12 heteroatoms. The van der Waals surface area contributed by atoms with Gasteiger partial charge in [-0.3, -0.25) is 9.59 Å². The lowest BCUT2D eigenvalue weighted by Gasteiger charge is -2.29. The maximum absolute atomic E-state index is 14.1. The number of carboxylic acid groups (broad SMARTS) is 1. The molecule has 2 heterocycles. The van der Waals surface area contributed by atoms with Crippen LogP contribution in [0.3, 0.4) is 0 Å². The third-order valence-electron chi connectivity index (χ3n) is 6.12. The molecule has 0 fully saturated rings. The van der Waals surface area contributed by atoms with Crippen molar-refractivity contribution in [2.45, 2.75) is 32.2 Å². The van der Waals surface area contributed by atoms with E-state index in [4.69, 9.17) is 9.84 Å². The van der Waals surface area contributed by atoms with Crippen molar-refractivity contribution >= 4 is 34.3 Å². The summed E-state index contributed by atoms with van der Waals surface area (Å²) in [4.78, 5) is 58.8. The highest BCUT2D eigenvalue weighted by Crippen LogP contribution is 2.37. The lowest BCUT2D eigenvalue weighted by atomic mass is 9.92. The van der Waals surface area contributed by atoms with Gasteiger partial charge in [-0.05, 0) is 29.8 Å². The average Bonchev–Trinajstić information content (AvgIpc) is 3.57. The van der Waals surface area contributed by atoms with Crippen LogP contribution in [0.4, 0.5) is 5.13 Å². The van der Waals surface area contributed by atoms with E-state index in [-0.39, 0.29) is 23.0 Å². The molecule has 3 N–H and O–H groups in total. The Hall–Kier alpha value is -4.71. The number of H-pyrrole nitrogens is 1. The number of aliphatic carboxylic acids is 1. The number of aromatic amines is 1. The van der Waals surface area contributed by atoms with Crippen LogP contribution in [0.5, 0.6) is 11.6 Å². The molecule has 0 saturated heterocycles. The van der Waals surface area contributed by atoms with Crippen LogP contribution in [0.15, 0.2) is 71.0 Å². The average molecular weight is 551 g/mol. The van der Waals surface area contributed by atoms with E-state index < -0.39 is 47.9 Å². The molecule has 2 atom stereocenters. The Bertz CT molecular complexity index is 1510. The number of ether oxygens (including phenoxy) is 1. The van der Waals surface area contributed by atoms with Crippen LogP contribution in [0.2, 0.25) is 0 Å². The number of benzene rings is 2. The van der Waals surface area contributed by atoms with Gasteiger partial charge in [0.25, 0.3) is 5.91 Å². The molecule has 202 valence electrons. The van der Waals surface area contributed by atoms with Crippen LogP contribution in [-0.2, 0) is 14.4 Å². The van der Waals surface area contributed by atoms with E-state index in [1.807, 2.05) is 6.07 Å². The molecule has 2 unspecified atom stereocenters. The first-order chi connectivity index (χ1) is 18.7. The van der Waals surface area contributed by atoms with Gasteiger partial charge >= 0.3 is 11.7 Å². The van der Waals surface area contributed by atoms with Crippen molar-refractivity contribution in [3.05, 3.63) is 82.2 Å². The third kappa shape index (κ3) is 5.75. The van der Waals surface area contributed by atoms with Crippen LogP contribution in [0, 0.1) is 0 Å². The molecule has 0 aliphatic rings. The largest absolute Gasteiger partial charge is 0.493 e. The summed E-state index contributed by atoms with van der Waals surface area (Å²) in [6, 6.07) is 13.8. The molecule has 0 spiro atoms. The van der Waals surface area contributed by atoms with Gasteiger partial charge in [-0.2, -0.15) is 0 Å². The fourth-order valence-electron chi connectivity index (χ4n) is 4.19. The number of aromatic nitrogens is 3. The summed E-state index contributed by atoms with van der Waals surface area (Å²) in [7, 11) is 0. The van der Waals surface area contributed by atoms with E-state index >= 15 is 0 Å². The lowest BCUT2D eigenvalue weighted by molar-refractivity contribution is -0.139. The summed E-state index contributed by atoms with van der Waals surface area (Å²) >= 11 is 1.11. The molecule has 2 aromatic heterocycles. The molecular formula is C27H26N4O7S. The second kappa shape index (κ2) is 11.8. The van der Waals surface area contributed by atoms with Crippen molar-refractivity contribution in [3.8, 4) is 22.9 Å². The van der Waals surface area contributed by atoms with Gasteiger partial charge in [0.2, 0.25) is 11.8 Å². The minimum atomic E-state index is -1.30. The van der Waals surface area contributed by atoms with Gasteiger partial charge in [0, 0.05) is 29.5 Å². The smallest absolute Gasteiger partial charge is 0.341 e. The Labute approximate surface area is 226 Å². The molecule has 0 aliphatic carbocycles. The van der Waals surface area contributed by atoms with Crippen molar-refractivity contribution in [1.82, 2.24) is 14.5 Å². The summed E-state index contributed by atoms with van der Waals surface area (Å²) in [5.74, 6) is -3.19. The molecule has 0 radical (unpaired) electrons. The van der Waals surface area contributed by atoms with Gasteiger partial charge in [-0.15, -0.1) is 11.3 Å². The number of aromatic hydroxyl groups is 1. The normalized spacial score (nSPS) is 12.5. The number of nitrogens with one attached hydrogen (secondary N) is 1. The topological polar surface area (TPSA) is 155 Å². The molecule has 0 saturated carbocycles. The number of rotatable bonds is 10. The standard InChI is InChI=1S/C27H26N4O7S/c1-3-20(32)30(27-28-13-14-39-27)25(36)23(16(2)17-7-5-4-6-8-17)31-24(35)22(29-26(31)37)18-9-11-19(12-10-18)38-15-21(33)34/h4-14,16,23,35H,3,15H2,1-2H3,(H,29,37)(H,33,34). The number of imide groups is 1. The summed E-state index contributed by atoms with van der Waals surface area (Å²) < 4.78 is 6.09. The van der Waals surface area contributed by atoms with Crippen LogP contribution in [0.1, 0.15) is 37.8 Å². The fourth-order valence-corrected chi connectivity index (χ4v) is 4.85. The molecule has 11 nitrogen and oxygen atoms in total.